The summed E-state index contributed by atoms with van der Waals surface area (Å²) in [7, 11) is 0. The predicted molar refractivity (Wildman–Crippen MR) is 60.6 cm³/mol. The summed E-state index contributed by atoms with van der Waals surface area (Å²) in [5.74, 6) is 1.63. The molecule has 0 amide bonds. The summed E-state index contributed by atoms with van der Waals surface area (Å²) in [6.45, 7) is 3.08. The van der Waals surface area contributed by atoms with Crippen LogP contribution in [0.15, 0.2) is 6.20 Å². The Morgan fingerprint density at radius 1 is 1.57 bits per heavy atom. The van der Waals surface area contributed by atoms with Crippen molar-refractivity contribution in [3.63, 3.8) is 0 Å². The van der Waals surface area contributed by atoms with Gasteiger partial charge >= 0.3 is 0 Å². The molecule has 1 aliphatic carbocycles. The average molecular weight is 210 g/mol. The molecule has 14 heavy (non-hydrogen) atoms. The van der Waals surface area contributed by atoms with E-state index in [4.69, 9.17) is 5.73 Å². The summed E-state index contributed by atoms with van der Waals surface area (Å²) >= 11 is 1.87. The summed E-state index contributed by atoms with van der Waals surface area (Å²) < 4.78 is 0. The summed E-state index contributed by atoms with van der Waals surface area (Å²) in [4.78, 5) is 5.86. The van der Waals surface area contributed by atoms with Gasteiger partial charge in [0.2, 0.25) is 0 Å². The van der Waals surface area contributed by atoms with E-state index in [2.05, 4.69) is 11.9 Å². The maximum Gasteiger partial charge on any atom is 0.0958 e. The van der Waals surface area contributed by atoms with Gasteiger partial charge < -0.3 is 5.73 Å². The zero-order chi connectivity index (χ0) is 9.97. The molecule has 2 nitrogen and oxygen atoms in total. The quantitative estimate of drug-likeness (QED) is 0.832. The highest BCUT2D eigenvalue weighted by atomic mass is 32.1. The summed E-state index contributed by atoms with van der Waals surface area (Å²) in [5.41, 5.74) is 5.52. The smallest absolute Gasteiger partial charge is 0.0958 e. The molecule has 2 unspecified atom stereocenters. The van der Waals surface area contributed by atoms with Crippen molar-refractivity contribution in [3.05, 3.63) is 16.1 Å². The molecule has 0 bridgehead atoms. The first-order valence-electron chi connectivity index (χ1n) is 5.44. The Morgan fingerprint density at radius 2 is 2.43 bits per heavy atom. The van der Waals surface area contributed by atoms with Gasteiger partial charge in [0.1, 0.15) is 0 Å². The van der Waals surface area contributed by atoms with Gasteiger partial charge in [0.25, 0.3) is 0 Å². The van der Waals surface area contributed by atoms with Gasteiger partial charge in [-0.3, -0.25) is 0 Å². The first-order valence-corrected chi connectivity index (χ1v) is 6.26. The van der Waals surface area contributed by atoms with Gasteiger partial charge in [0, 0.05) is 17.0 Å². The molecule has 2 atom stereocenters. The second-order valence-electron chi connectivity index (χ2n) is 4.32. The van der Waals surface area contributed by atoms with E-state index < -0.39 is 0 Å². The van der Waals surface area contributed by atoms with E-state index in [0.29, 0.717) is 0 Å². The van der Waals surface area contributed by atoms with Crippen LogP contribution in [0.1, 0.15) is 42.0 Å². The highest BCUT2D eigenvalue weighted by Gasteiger charge is 2.24. The molecule has 1 aromatic heterocycles. The van der Waals surface area contributed by atoms with E-state index >= 15 is 0 Å². The molecule has 1 saturated carbocycles. The molecule has 2 N–H and O–H groups in total. The van der Waals surface area contributed by atoms with Gasteiger partial charge in [-0.2, -0.15) is 0 Å². The van der Waals surface area contributed by atoms with Crippen LogP contribution < -0.4 is 5.73 Å². The van der Waals surface area contributed by atoms with Gasteiger partial charge in [-0.05, 0) is 31.7 Å². The van der Waals surface area contributed by atoms with Crippen molar-refractivity contribution in [2.75, 3.05) is 6.54 Å². The molecule has 1 heterocycles. The Balaban J connectivity index is 2.02. The molecule has 0 spiro atoms. The van der Waals surface area contributed by atoms with Crippen LogP contribution >= 0.6 is 11.3 Å². The molecular weight excluding hydrogens is 192 g/mol. The molecular formula is C11H18N2S. The molecule has 0 aromatic carbocycles. The van der Waals surface area contributed by atoms with E-state index in [1.54, 1.807) is 0 Å². The Hall–Kier alpha value is -0.410. The molecule has 0 aliphatic heterocycles. The standard InChI is InChI=1S/C11H18N2S/c1-8-2-3-9(6-8)11-13-7-10(14-11)4-5-12/h7-9H,2-6,12H2,1H3. The Bertz CT molecular complexity index is 295. The van der Waals surface area contributed by atoms with Crippen LogP contribution in [0, 0.1) is 5.92 Å². The fourth-order valence-corrected chi connectivity index (χ4v) is 3.28. The number of hydrogen-bond donors (Lipinski definition) is 1. The third-order valence-electron chi connectivity index (χ3n) is 3.01. The van der Waals surface area contributed by atoms with Crippen LogP contribution in [0.3, 0.4) is 0 Å². The van der Waals surface area contributed by atoms with Crippen LogP contribution in [-0.4, -0.2) is 11.5 Å². The Kier molecular flexibility index (Phi) is 3.19. The van der Waals surface area contributed by atoms with Crippen LogP contribution in [0.4, 0.5) is 0 Å². The zero-order valence-corrected chi connectivity index (χ0v) is 9.52. The van der Waals surface area contributed by atoms with Gasteiger partial charge in [-0.1, -0.05) is 13.3 Å². The largest absolute Gasteiger partial charge is 0.330 e. The van der Waals surface area contributed by atoms with Crippen LogP contribution in [0.5, 0.6) is 0 Å². The third-order valence-corrected chi connectivity index (χ3v) is 4.23. The molecule has 0 saturated heterocycles. The number of nitrogens with two attached hydrogens (primary N) is 1. The number of thiazole rings is 1. The molecule has 1 aliphatic rings. The monoisotopic (exact) mass is 210 g/mol. The van der Waals surface area contributed by atoms with Gasteiger partial charge in [-0.25, -0.2) is 4.98 Å². The lowest BCUT2D eigenvalue weighted by Gasteiger charge is -2.03. The molecule has 3 heteroatoms. The minimum absolute atomic E-state index is 0.738. The summed E-state index contributed by atoms with van der Waals surface area (Å²) in [6.07, 6.45) is 7.03. The van der Waals surface area contributed by atoms with Crippen LogP contribution in [0.25, 0.3) is 0 Å². The Morgan fingerprint density at radius 3 is 3.07 bits per heavy atom. The third kappa shape index (κ3) is 2.15. The van der Waals surface area contributed by atoms with Crippen molar-refractivity contribution in [1.29, 1.82) is 0 Å². The van der Waals surface area contributed by atoms with Crippen molar-refractivity contribution >= 4 is 11.3 Å². The average Bonchev–Trinajstić information content (AvgIpc) is 2.74. The normalized spacial score (nSPS) is 27.0. The van der Waals surface area contributed by atoms with E-state index in [1.807, 2.05) is 17.5 Å². The Labute approximate surface area is 89.5 Å². The lowest BCUT2D eigenvalue weighted by molar-refractivity contribution is 0.595. The second-order valence-corrected chi connectivity index (χ2v) is 5.47. The highest BCUT2D eigenvalue weighted by molar-refractivity contribution is 7.11. The second kappa shape index (κ2) is 4.41. The molecule has 78 valence electrons. The van der Waals surface area contributed by atoms with Gasteiger partial charge in [0.05, 0.1) is 5.01 Å². The lowest BCUT2D eigenvalue weighted by Crippen LogP contribution is -2.00. The summed E-state index contributed by atoms with van der Waals surface area (Å²) in [6, 6.07) is 0. The molecule has 2 rings (SSSR count). The molecule has 1 aromatic rings. The first kappa shape index (κ1) is 10.1. The number of aromatic nitrogens is 1. The van der Waals surface area contributed by atoms with Crippen LogP contribution in [0.2, 0.25) is 0 Å². The van der Waals surface area contributed by atoms with Crippen LogP contribution in [-0.2, 0) is 6.42 Å². The van der Waals surface area contributed by atoms with Gasteiger partial charge in [0.15, 0.2) is 0 Å². The number of nitrogens with zero attached hydrogens (tertiary/aromatic N) is 1. The van der Waals surface area contributed by atoms with E-state index in [0.717, 1.165) is 24.8 Å². The molecule has 0 radical (unpaired) electrons. The zero-order valence-electron chi connectivity index (χ0n) is 8.70. The SMILES string of the molecule is CC1CCC(c2ncc(CCN)s2)C1. The van der Waals surface area contributed by atoms with E-state index in [9.17, 15) is 0 Å². The minimum atomic E-state index is 0.738. The predicted octanol–water partition coefficient (Wildman–Crippen LogP) is 2.55. The minimum Gasteiger partial charge on any atom is -0.330 e. The van der Waals surface area contributed by atoms with Crippen molar-refractivity contribution in [3.8, 4) is 0 Å². The van der Waals surface area contributed by atoms with Crippen molar-refractivity contribution in [2.45, 2.75) is 38.5 Å². The van der Waals surface area contributed by atoms with Crippen molar-refractivity contribution in [1.82, 2.24) is 4.98 Å². The van der Waals surface area contributed by atoms with Crippen molar-refractivity contribution in [2.24, 2.45) is 11.7 Å². The molecule has 1 fully saturated rings. The topological polar surface area (TPSA) is 38.9 Å². The van der Waals surface area contributed by atoms with E-state index in [1.165, 1.54) is 29.1 Å². The lowest BCUT2D eigenvalue weighted by atomic mass is 10.1. The number of hydrogen-bond acceptors (Lipinski definition) is 3. The maximum absolute atomic E-state index is 5.52. The fourth-order valence-electron chi connectivity index (χ4n) is 2.20. The highest BCUT2D eigenvalue weighted by Crippen LogP contribution is 2.39. The van der Waals surface area contributed by atoms with E-state index in [-0.39, 0.29) is 0 Å². The maximum atomic E-state index is 5.52. The van der Waals surface area contributed by atoms with Gasteiger partial charge in [-0.15, -0.1) is 11.3 Å². The first-order chi connectivity index (χ1) is 6.79. The van der Waals surface area contributed by atoms with Crippen molar-refractivity contribution < 1.29 is 0 Å². The summed E-state index contributed by atoms with van der Waals surface area (Å²) in [5, 5.41) is 1.35. The fraction of sp³-hybridized carbons (Fsp3) is 0.727. The number of rotatable bonds is 3.